The van der Waals surface area contributed by atoms with Crippen LogP contribution in [0.15, 0.2) is 66.6 Å². The summed E-state index contributed by atoms with van der Waals surface area (Å²) in [6.45, 7) is 7.76. The molecule has 0 spiro atoms. The van der Waals surface area contributed by atoms with E-state index >= 15 is 0 Å². The van der Waals surface area contributed by atoms with Gasteiger partial charge in [0.15, 0.2) is 0 Å². The molecule has 0 radical (unpaired) electrons. The molecule has 0 heterocycles. The highest BCUT2D eigenvalue weighted by molar-refractivity contribution is 7.89. The molecule has 0 aliphatic rings. The smallest absolute Gasteiger partial charge is 0.266 e. The maximum Gasteiger partial charge on any atom is 0.266 e. The van der Waals surface area contributed by atoms with E-state index in [1.165, 1.54) is 20.7 Å². The summed E-state index contributed by atoms with van der Waals surface area (Å²) >= 11 is 0. The number of azo groups is 2. The first kappa shape index (κ1) is 29.8. The number of rotatable bonds is 12. The molecule has 0 fully saturated rings. The van der Waals surface area contributed by atoms with E-state index in [9.17, 15) is 32.3 Å². The van der Waals surface area contributed by atoms with Gasteiger partial charge in [0.2, 0.25) is 20.0 Å². The first-order valence-corrected chi connectivity index (χ1v) is 14.2. The van der Waals surface area contributed by atoms with E-state index in [-0.39, 0.29) is 58.8 Å². The molecule has 2 aromatic carbocycles. The molecule has 37 heavy (non-hydrogen) atoms. The molecule has 0 aliphatic heterocycles. The van der Waals surface area contributed by atoms with E-state index in [1.54, 1.807) is 33.8 Å². The van der Waals surface area contributed by atoms with E-state index in [2.05, 4.69) is 20.5 Å². The quantitative estimate of drug-likeness (QED) is 0.374. The standard InChI is InChI=1S/C22H29N7O6S2/c1-5-28(6-2)36(32,33)16-9-11-20(30)18(13-16)24-26-22(15-23)27-25-19-14-17(10-12-21(19)31)37(34,35)29(7-3)8-4/h9-14,22,30-31H,5-8H2,1-4H3. The fourth-order valence-electron chi connectivity index (χ4n) is 3.22. The fourth-order valence-corrected chi connectivity index (χ4v) is 6.18. The molecule has 0 aromatic heterocycles. The van der Waals surface area contributed by atoms with Gasteiger partial charge in [-0.05, 0) is 36.4 Å². The number of hydrogen-bond donors (Lipinski definition) is 2. The van der Waals surface area contributed by atoms with Gasteiger partial charge >= 0.3 is 0 Å². The summed E-state index contributed by atoms with van der Waals surface area (Å²) in [5, 5.41) is 44.4. The summed E-state index contributed by atoms with van der Waals surface area (Å²) in [6, 6.07) is 8.69. The molecular formula is C22H29N7O6S2. The molecule has 2 rings (SSSR count). The van der Waals surface area contributed by atoms with Crippen molar-refractivity contribution in [2.45, 2.75) is 43.7 Å². The van der Waals surface area contributed by atoms with E-state index in [4.69, 9.17) is 0 Å². The van der Waals surface area contributed by atoms with Gasteiger partial charge in [-0.1, -0.05) is 27.7 Å². The third-order valence-electron chi connectivity index (χ3n) is 5.25. The minimum Gasteiger partial charge on any atom is -0.506 e. The Hall–Kier alpha value is -3.45. The lowest BCUT2D eigenvalue weighted by Gasteiger charge is -2.18. The first-order valence-electron chi connectivity index (χ1n) is 11.3. The van der Waals surface area contributed by atoms with Gasteiger partial charge in [0, 0.05) is 26.2 Å². The number of benzene rings is 2. The van der Waals surface area contributed by atoms with Crippen LogP contribution < -0.4 is 0 Å². The van der Waals surface area contributed by atoms with Gasteiger partial charge < -0.3 is 10.2 Å². The highest BCUT2D eigenvalue weighted by atomic mass is 32.2. The van der Waals surface area contributed by atoms with Crippen LogP contribution in [0, 0.1) is 11.3 Å². The monoisotopic (exact) mass is 551 g/mol. The van der Waals surface area contributed by atoms with Gasteiger partial charge in [0.1, 0.15) is 28.9 Å². The van der Waals surface area contributed by atoms with Crippen molar-refractivity contribution in [3.8, 4) is 17.6 Å². The Morgan fingerprint density at radius 3 is 1.41 bits per heavy atom. The summed E-state index contributed by atoms with van der Waals surface area (Å²) in [5.74, 6) is -0.745. The fraction of sp³-hybridized carbons (Fsp3) is 0.409. The average molecular weight is 552 g/mol. The van der Waals surface area contributed by atoms with Gasteiger partial charge in [0.05, 0.1) is 9.79 Å². The van der Waals surface area contributed by atoms with Crippen LogP contribution in [0.5, 0.6) is 11.5 Å². The zero-order valence-electron chi connectivity index (χ0n) is 20.8. The first-order chi connectivity index (χ1) is 17.5. The summed E-state index contributed by atoms with van der Waals surface area (Å²) in [4.78, 5) is -0.233. The van der Waals surface area contributed by atoms with Crippen LogP contribution in [0.25, 0.3) is 0 Å². The number of hydrogen-bond acceptors (Lipinski definition) is 11. The molecule has 0 amide bonds. The number of sulfonamides is 2. The van der Waals surface area contributed by atoms with Crippen molar-refractivity contribution >= 4 is 31.4 Å². The van der Waals surface area contributed by atoms with Crippen molar-refractivity contribution in [3.05, 3.63) is 36.4 Å². The molecule has 2 aromatic rings. The molecule has 0 unspecified atom stereocenters. The van der Waals surface area contributed by atoms with Gasteiger partial charge in [-0.3, -0.25) is 0 Å². The van der Waals surface area contributed by atoms with Crippen molar-refractivity contribution in [2.75, 3.05) is 26.2 Å². The Balaban J connectivity index is 2.36. The molecule has 0 atom stereocenters. The Morgan fingerprint density at radius 1 is 0.757 bits per heavy atom. The molecule has 13 nitrogen and oxygen atoms in total. The van der Waals surface area contributed by atoms with Crippen LogP contribution in [0.4, 0.5) is 11.4 Å². The normalized spacial score (nSPS) is 13.5. The molecule has 15 heteroatoms. The Bertz CT molecular complexity index is 1310. The largest absolute Gasteiger partial charge is 0.506 e. The van der Waals surface area contributed by atoms with E-state index in [0.29, 0.717) is 0 Å². The van der Waals surface area contributed by atoms with Gasteiger partial charge in [-0.15, -0.1) is 20.5 Å². The maximum atomic E-state index is 12.7. The van der Waals surface area contributed by atoms with E-state index in [1.807, 2.05) is 0 Å². The van der Waals surface area contributed by atoms with Crippen LogP contribution in [-0.4, -0.2) is 68.0 Å². The highest BCUT2D eigenvalue weighted by Crippen LogP contribution is 2.32. The third kappa shape index (κ3) is 6.86. The second-order valence-electron chi connectivity index (χ2n) is 7.41. The van der Waals surface area contributed by atoms with Gasteiger partial charge in [-0.25, -0.2) is 16.8 Å². The van der Waals surface area contributed by atoms with Crippen LogP contribution in [0.1, 0.15) is 27.7 Å². The maximum absolute atomic E-state index is 12.7. The predicted octanol–water partition coefficient (Wildman–Crippen LogP) is 3.88. The Kier molecular flexibility index (Phi) is 10.2. The summed E-state index contributed by atoms with van der Waals surface area (Å²) < 4.78 is 53.4. The molecule has 0 saturated carbocycles. The third-order valence-corrected chi connectivity index (χ3v) is 9.34. The second-order valence-corrected chi connectivity index (χ2v) is 11.3. The number of nitriles is 1. The van der Waals surface area contributed by atoms with Gasteiger partial charge in [0.25, 0.3) is 6.17 Å². The van der Waals surface area contributed by atoms with Crippen molar-refractivity contribution in [2.24, 2.45) is 20.5 Å². The number of phenolic OH excluding ortho intramolecular Hbond substituents is 2. The SMILES string of the molecule is CCN(CC)S(=O)(=O)c1ccc(O)c(N=NC(C#N)N=Nc2cc(S(=O)(=O)N(CC)CC)ccc2O)c1. The molecule has 0 bridgehead atoms. The Labute approximate surface area is 216 Å². The van der Waals surface area contributed by atoms with Crippen LogP contribution in [0.3, 0.4) is 0 Å². The van der Waals surface area contributed by atoms with Crippen LogP contribution in [0.2, 0.25) is 0 Å². The van der Waals surface area contributed by atoms with Crippen LogP contribution in [-0.2, 0) is 20.0 Å². The van der Waals surface area contributed by atoms with Gasteiger partial charge in [-0.2, -0.15) is 13.9 Å². The van der Waals surface area contributed by atoms with Crippen molar-refractivity contribution in [1.29, 1.82) is 5.26 Å². The van der Waals surface area contributed by atoms with E-state index < -0.39 is 26.2 Å². The molecule has 0 saturated heterocycles. The number of nitrogens with zero attached hydrogens (tertiary/aromatic N) is 7. The minimum atomic E-state index is -3.83. The summed E-state index contributed by atoms with van der Waals surface area (Å²) in [7, 11) is -7.66. The molecule has 0 aliphatic carbocycles. The minimum absolute atomic E-state index is 0.116. The second kappa shape index (κ2) is 12.7. The lowest BCUT2D eigenvalue weighted by atomic mass is 10.3. The lowest BCUT2D eigenvalue weighted by molar-refractivity contribution is 0.444. The van der Waals surface area contributed by atoms with Crippen LogP contribution >= 0.6 is 0 Å². The summed E-state index contributed by atoms with van der Waals surface area (Å²) in [6.07, 6.45) is -1.54. The summed E-state index contributed by atoms with van der Waals surface area (Å²) in [5.41, 5.74) is -0.419. The van der Waals surface area contributed by atoms with E-state index in [0.717, 1.165) is 24.3 Å². The topological polar surface area (TPSA) is 188 Å². The zero-order chi connectivity index (χ0) is 27.8. The predicted molar refractivity (Wildman–Crippen MR) is 135 cm³/mol. The number of aromatic hydroxyl groups is 2. The molecular weight excluding hydrogens is 522 g/mol. The molecule has 200 valence electrons. The zero-order valence-corrected chi connectivity index (χ0v) is 22.5. The van der Waals surface area contributed by atoms with Crippen molar-refractivity contribution in [1.82, 2.24) is 8.61 Å². The molecule has 2 N–H and O–H groups in total. The average Bonchev–Trinajstić information content (AvgIpc) is 2.86. The lowest BCUT2D eigenvalue weighted by Crippen LogP contribution is -2.30. The van der Waals surface area contributed by atoms with Crippen molar-refractivity contribution in [3.63, 3.8) is 0 Å². The number of phenols is 2. The highest BCUT2D eigenvalue weighted by Gasteiger charge is 2.24. The van der Waals surface area contributed by atoms with Crippen molar-refractivity contribution < 1.29 is 27.0 Å². The Morgan fingerprint density at radius 2 is 1.11 bits per heavy atom.